The third kappa shape index (κ3) is 3.64. The first-order valence-corrected chi connectivity index (χ1v) is 9.88. The molecule has 1 fully saturated rings. The minimum Gasteiger partial charge on any atom is -0.325 e. The van der Waals surface area contributed by atoms with E-state index in [1.165, 1.54) is 23.4 Å². The van der Waals surface area contributed by atoms with Gasteiger partial charge in [-0.15, -0.1) is 0 Å². The predicted octanol–water partition coefficient (Wildman–Crippen LogP) is 3.62. The maximum absolute atomic E-state index is 13.3. The summed E-state index contributed by atoms with van der Waals surface area (Å²) in [7, 11) is -3.82. The molecule has 2 aromatic carbocycles. The minimum absolute atomic E-state index is 0.0849. The molecular weight excluding hydrogens is 355 g/mol. The zero-order valence-electron chi connectivity index (χ0n) is 14.7. The van der Waals surface area contributed by atoms with E-state index in [1.807, 2.05) is 0 Å². The van der Waals surface area contributed by atoms with Crippen molar-refractivity contribution < 1.29 is 17.6 Å². The van der Waals surface area contributed by atoms with Crippen LogP contribution in [0.2, 0.25) is 0 Å². The van der Waals surface area contributed by atoms with Crippen molar-refractivity contribution >= 4 is 21.6 Å². The molecule has 7 heteroatoms. The van der Waals surface area contributed by atoms with E-state index >= 15 is 0 Å². The van der Waals surface area contributed by atoms with Crippen molar-refractivity contribution in [1.82, 2.24) is 4.31 Å². The molecule has 0 saturated carbocycles. The predicted molar refractivity (Wildman–Crippen MR) is 97.7 cm³/mol. The number of nitrogens with zero attached hydrogens (tertiary/aromatic N) is 1. The average molecular weight is 376 g/mol. The molecule has 0 aliphatic carbocycles. The van der Waals surface area contributed by atoms with E-state index in [-0.39, 0.29) is 28.3 Å². The Hall–Kier alpha value is -2.25. The highest BCUT2D eigenvalue weighted by molar-refractivity contribution is 7.89. The van der Waals surface area contributed by atoms with E-state index in [1.54, 1.807) is 37.3 Å². The molecule has 1 atom stereocenters. The van der Waals surface area contributed by atoms with Gasteiger partial charge in [-0.05, 0) is 55.2 Å². The molecular formula is C19H21FN2O3S. The largest absolute Gasteiger partial charge is 0.325 e. The van der Waals surface area contributed by atoms with Crippen LogP contribution in [0.25, 0.3) is 0 Å². The summed E-state index contributed by atoms with van der Waals surface area (Å²) in [6, 6.07) is 10.5. The Bertz CT molecular complexity index is 926. The van der Waals surface area contributed by atoms with E-state index in [4.69, 9.17) is 0 Å². The second-order valence-electron chi connectivity index (χ2n) is 6.51. The lowest BCUT2D eigenvalue weighted by atomic mass is 10.1. The number of carbonyl (C=O) groups excluding carboxylic acids is 1. The van der Waals surface area contributed by atoms with E-state index in [2.05, 4.69) is 5.32 Å². The summed E-state index contributed by atoms with van der Waals surface area (Å²) in [6.45, 7) is 3.53. The third-order valence-corrected chi connectivity index (χ3v) is 6.44. The van der Waals surface area contributed by atoms with E-state index < -0.39 is 10.0 Å². The number of hydrogen-bond donors (Lipinski definition) is 1. The molecule has 138 valence electrons. The quantitative estimate of drug-likeness (QED) is 0.886. The van der Waals surface area contributed by atoms with Gasteiger partial charge in [0.15, 0.2) is 0 Å². The van der Waals surface area contributed by atoms with Crippen molar-refractivity contribution in [1.29, 1.82) is 0 Å². The molecule has 0 aromatic heterocycles. The zero-order chi connectivity index (χ0) is 18.9. The summed E-state index contributed by atoms with van der Waals surface area (Å²) in [4.78, 5) is 11.5. The maximum Gasteiger partial charge on any atom is 0.245 e. The number of benzene rings is 2. The molecule has 1 unspecified atom stereocenters. The Morgan fingerprint density at radius 3 is 2.54 bits per heavy atom. The summed E-state index contributed by atoms with van der Waals surface area (Å²) < 4.78 is 41.3. The number of carbonyl (C=O) groups is 1. The summed E-state index contributed by atoms with van der Waals surface area (Å²) >= 11 is 0. The number of rotatable bonds is 4. The average Bonchev–Trinajstić information content (AvgIpc) is 3.07. The molecule has 1 aliphatic rings. The van der Waals surface area contributed by atoms with Crippen LogP contribution in [-0.4, -0.2) is 25.2 Å². The van der Waals surface area contributed by atoms with Gasteiger partial charge in [-0.3, -0.25) is 4.79 Å². The number of hydrogen-bond acceptors (Lipinski definition) is 3. The standard InChI is InChI=1S/C19H21FN2O3S/c1-13-5-10-17(21-14(2)23)19(12-13)26(24,25)22-11-3-4-18(22)15-6-8-16(20)9-7-15/h5-10,12,18H,3-4,11H2,1-2H3,(H,21,23). The fourth-order valence-electron chi connectivity index (χ4n) is 3.31. The van der Waals surface area contributed by atoms with Crippen LogP contribution in [0.5, 0.6) is 0 Å². The number of anilines is 1. The van der Waals surface area contributed by atoms with Crippen molar-refractivity contribution in [3.05, 3.63) is 59.4 Å². The number of aryl methyl sites for hydroxylation is 1. The Morgan fingerprint density at radius 2 is 1.88 bits per heavy atom. The highest BCUT2D eigenvalue weighted by Gasteiger charge is 2.37. The summed E-state index contributed by atoms with van der Waals surface area (Å²) in [5.41, 5.74) is 1.82. The topological polar surface area (TPSA) is 66.5 Å². The molecule has 26 heavy (non-hydrogen) atoms. The Morgan fingerprint density at radius 1 is 1.19 bits per heavy atom. The maximum atomic E-state index is 13.3. The van der Waals surface area contributed by atoms with Crippen LogP contribution in [0.4, 0.5) is 10.1 Å². The SMILES string of the molecule is CC(=O)Nc1ccc(C)cc1S(=O)(=O)N1CCCC1c1ccc(F)cc1. The van der Waals surface area contributed by atoms with E-state index in [0.29, 0.717) is 13.0 Å². The lowest BCUT2D eigenvalue weighted by Gasteiger charge is -2.25. The van der Waals surface area contributed by atoms with Crippen LogP contribution in [0.3, 0.4) is 0 Å². The van der Waals surface area contributed by atoms with Gasteiger partial charge in [-0.2, -0.15) is 4.31 Å². The van der Waals surface area contributed by atoms with Crippen LogP contribution < -0.4 is 5.32 Å². The van der Waals surface area contributed by atoms with Crippen LogP contribution in [0, 0.1) is 12.7 Å². The number of amides is 1. The van der Waals surface area contributed by atoms with Gasteiger partial charge >= 0.3 is 0 Å². The lowest BCUT2D eigenvalue weighted by molar-refractivity contribution is -0.114. The molecule has 1 aliphatic heterocycles. The lowest BCUT2D eigenvalue weighted by Crippen LogP contribution is -2.31. The highest BCUT2D eigenvalue weighted by Crippen LogP contribution is 2.38. The zero-order valence-corrected chi connectivity index (χ0v) is 15.5. The van der Waals surface area contributed by atoms with Crippen LogP contribution >= 0.6 is 0 Å². The fraction of sp³-hybridized carbons (Fsp3) is 0.316. The monoisotopic (exact) mass is 376 g/mol. The fourth-order valence-corrected chi connectivity index (χ4v) is 5.22. The van der Waals surface area contributed by atoms with Gasteiger partial charge in [-0.25, -0.2) is 12.8 Å². The van der Waals surface area contributed by atoms with Gasteiger partial charge in [0.25, 0.3) is 0 Å². The van der Waals surface area contributed by atoms with Crippen molar-refractivity contribution in [3.63, 3.8) is 0 Å². The Labute approximate surface area is 152 Å². The second kappa shape index (κ2) is 7.17. The molecule has 1 heterocycles. The molecule has 0 bridgehead atoms. The smallest absolute Gasteiger partial charge is 0.245 e. The van der Waals surface area contributed by atoms with Crippen molar-refractivity contribution in [3.8, 4) is 0 Å². The summed E-state index contributed by atoms with van der Waals surface area (Å²) in [6.07, 6.45) is 1.40. The van der Waals surface area contributed by atoms with Gasteiger partial charge in [-0.1, -0.05) is 18.2 Å². The first-order valence-electron chi connectivity index (χ1n) is 8.44. The number of nitrogens with one attached hydrogen (secondary N) is 1. The Balaban J connectivity index is 2.03. The molecule has 1 amide bonds. The molecule has 0 radical (unpaired) electrons. The minimum atomic E-state index is -3.82. The van der Waals surface area contributed by atoms with Gasteiger partial charge in [0.2, 0.25) is 15.9 Å². The van der Waals surface area contributed by atoms with Crippen molar-refractivity contribution in [2.24, 2.45) is 0 Å². The van der Waals surface area contributed by atoms with E-state index in [0.717, 1.165) is 17.5 Å². The van der Waals surface area contributed by atoms with Gasteiger partial charge in [0.05, 0.1) is 11.7 Å². The molecule has 2 aromatic rings. The molecule has 3 rings (SSSR count). The first kappa shape index (κ1) is 18.5. The van der Waals surface area contributed by atoms with E-state index in [9.17, 15) is 17.6 Å². The van der Waals surface area contributed by atoms with Gasteiger partial charge in [0.1, 0.15) is 10.7 Å². The van der Waals surface area contributed by atoms with Gasteiger partial charge < -0.3 is 5.32 Å². The second-order valence-corrected chi connectivity index (χ2v) is 8.37. The highest BCUT2D eigenvalue weighted by atomic mass is 32.2. The molecule has 0 spiro atoms. The normalized spacial score (nSPS) is 18.0. The third-order valence-electron chi connectivity index (χ3n) is 4.49. The molecule has 1 N–H and O–H groups in total. The summed E-state index contributed by atoms with van der Waals surface area (Å²) in [5, 5.41) is 2.60. The number of halogens is 1. The molecule has 5 nitrogen and oxygen atoms in total. The van der Waals surface area contributed by atoms with Crippen molar-refractivity contribution in [2.75, 3.05) is 11.9 Å². The van der Waals surface area contributed by atoms with Crippen LogP contribution in [-0.2, 0) is 14.8 Å². The number of sulfonamides is 1. The van der Waals surface area contributed by atoms with Crippen LogP contribution in [0.1, 0.15) is 36.9 Å². The molecule has 1 saturated heterocycles. The first-order chi connectivity index (χ1) is 12.3. The van der Waals surface area contributed by atoms with Gasteiger partial charge in [0, 0.05) is 13.5 Å². The van der Waals surface area contributed by atoms with Crippen LogP contribution in [0.15, 0.2) is 47.4 Å². The Kier molecular flexibility index (Phi) is 5.11. The van der Waals surface area contributed by atoms with Crippen molar-refractivity contribution in [2.45, 2.75) is 37.6 Å². The summed E-state index contributed by atoms with van der Waals surface area (Å²) in [5.74, 6) is -0.686.